The Morgan fingerprint density at radius 2 is 1.81 bits per heavy atom. The molecule has 32 heavy (non-hydrogen) atoms. The number of hydrogen-bond acceptors (Lipinski definition) is 2. The van der Waals surface area contributed by atoms with Crippen molar-refractivity contribution in [2.24, 2.45) is 23.7 Å². The molecule has 0 spiro atoms. The van der Waals surface area contributed by atoms with Crippen LogP contribution in [0.5, 0.6) is 0 Å². The lowest BCUT2D eigenvalue weighted by molar-refractivity contribution is -0.122. The van der Waals surface area contributed by atoms with Gasteiger partial charge in [-0.25, -0.2) is 0 Å². The van der Waals surface area contributed by atoms with E-state index < -0.39 is 0 Å². The van der Waals surface area contributed by atoms with Gasteiger partial charge in [0.15, 0.2) is 0 Å². The van der Waals surface area contributed by atoms with Crippen molar-refractivity contribution in [1.82, 2.24) is 0 Å². The number of carbonyl (C=O) groups is 1. The molecule has 2 bridgehead atoms. The van der Waals surface area contributed by atoms with E-state index in [0.717, 1.165) is 39.5 Å². The number of hydrogen-bond donors (Lipinski definition) is 1. The third kappa shape index (κ3) is 3.24. The molecule has 2 saturated carbocycles. The summed E-state index contributed by atoms with van der Waals surface area (Å²) in [5.41, 5.74) is 7.06. The quantitative estimate of drug-likeness (QED) is 0.519. The van der Waals surface area contributed by atoms with Crippen LogP contribution in [0.15, 0.2) is 80.1 Å². The molecule has 0 aromatic heterocycles. The fourth-order valence-electron chi connectivity index (χ4n) is 6.05. The second-order valence-electron chi connectivity index (χ2n) is 9.31. The number of amides is 1. The number of benzene rings is 2. The first kappa shape index (κ1) is 20.6. The number of carbonyl (C=O) groups excluding carboxylic acids is 1. The largest absolute Gasteiger partial charge is 0.355 e. The highest BCUT2D eigenvalue weighted by Gasteiger charge is 2.58. The molecule has 3 heteroatoms. The zero-order valence-electron chi connectivity index (χ0n) is 18.7. The molecule has 1 heterocycles. The van der Waals surface area contributed by atoms with E-state index in [1.807, 2.05) is 47.4 Å². The first-order valence-electron chi connectivity index (χ1n) is 11.5. The SMILES string of the molecule is C=C/C=C\c1cccc(NC(=C)c2ccc(N3C(=C)C4C5CCC(C5)C4C3=O)cc2)c1C. The highest BCUT2D eigenvalue weighted by Crippen LogP contribution is 2.59. The zero-order valence-corrected chi connectivity index (χ0v) is 18.7. The fourth-order valence-corrected chi connectivity index (χ4v) is 6.05. The van der Waals surface area contributed by atoms with Crippen molar-refractivity contribution in [2.75, 3.05) is 10.2 Å². The minimum absolute atomic E-state index is 0.156. The number of nitrogens with one attached hydrogen (secondary N) is 1. The van der Waals surface area contributed by atoms with Crippen molar-refractivity contribution in [3.8, 4) is 0 Å². The van der Waals surface area contributed by atoms with Gasteiger partial charge in [-0.1, -0.05) is 62.2 Å². The van der Waals surface area contributed by atoms with Crippen molar-refractivity contribution in [1.29, 1.82) is 0 Å². The predicted molar refractivity (Wildman–Crippen MR) is 134 cm³/mol. The normalized spacial score (nSPS) is 26.1. The fraction of sp³-hybridized carbons (Fsp3) is 0.276. The first-order valence-corrected chi connectivity index (χ1v) is 11.5. The summed E-state index contributed by atoms with van der Waals surface area (Å²) in [7, 11) is 0. The average Bonchev–Trinajstić information content (AvgIpc) is 3.48. The minimum Gasteiger partial charge on any atom is -0.355 e. The number of nitrogens with zero attached hydrogens (tertiary/aromatic N) is 1. The van der Waals surface area contributed by atoms with Crippen LogP contribution < -0.4 is 10.2 Å². The van der Waals surface area contributed by atoms with Gasteiger partial charge in [-0.3, -0.25) is 9.69 Å². The van der Waals surface area contributed by atoms with Crippen LogP contribution in [0.1, 0.15) is 36.0 Å². The van der Waals surface area contributed by atoms with Gasteiger partial charge >= 0.3 is 0 Å². The average molecular weight is 423 g/mol. The molecule has 1 saturated heterocycles. The van der Waals surface area contributed by atoms with Gasteiger partial charge in [0, 0.05) is 28.7 Å². The summed E-state index contributed by atoms with van der Waals surface area (Å²) >= 11 is 0. The molecule has 2 aliphatic carbocycles. The molecule has 3 aliphatic rings. The molecule has 1 amide bonds. The minimum atomic E-state index is 0.156. The van der Waals surface area contributed by atoms with E-state index in [0.29, 0.717) is 17.8 Å². The Morgan fingerprint density at radius 1 is 1.09 bits per heavy atom. The molecule has 5 rings (SSSR count). The predicted octanol–water partition coefficient (Wildman–Crippen LogP) is 6.80. The van der Waals surface area contributed by atoms with Gasteiger partial charge in [-0.05, 0) is 72.9 Å². The van der Waals surface area contributed by atoms with Gasteiger partial charge in [0.1, 0.15) is 0 Å². The molecule has 4 unspecified atom stereocenters. The Hall–Kier alpha value is -3.33. The molecule has 3 fully saturated rings. The Labute approximate surface area is 190 Å². The van der Waals surface area contributed by atoms with Crippen molar-refractivity contribution in [2.45, 2.75) is 26.2 Å². The molecule has 2 aromatic rings. The first-order chi connectivity index (χ1) is 15.5. The summed E-state index contributed by atoms with van der Waals surface area (Å²) in [6.45, 7) is 14.4. The lowest BCUT2D eigenvalue weighted by Gasteiger charge is -2.23. The molecule has 162 valence electrons. The molecular formula is C29H30N2O. The van der Waals surface area contributed by atoms with Crippen LogP contribution in [0.3, 0.4) is 0 Å². The summed E-state index contributed by atoms with van der Waals surface area (Å²) in [5.74, 6) is 1.96. The maximum atomic E-state index is 13.2. The van der Waals surface area contributed by atoms with Crippen LogP contribution in [-0.2, 0) is 4.79 Å². The monoisotopic (exact) mass is 422 g/mol. The van der Waals surface area contributed by atoms with Crippen molar-refractivity contribution in [3.63, 3.8) is 0 Å². The van der Waals surface area contributed by atoms with Crippen LogP contribution in [0.2, 0.25) is 0 Å². The van der Waals surface area contributed by atoms with Gasteiger partial charge < -0.3 is 5.32 Å². The van der Waals surface area contributed by atoms with Crippen LogP contribution in [0, 0.1) is 30.6 Å². The smallest absolute Gasteiger partial charge is 0.235 e. The zero-order chi connectivity index (χ0) is 22.4. The Morgan fingerprint density at radius 3 is 2.50 bits per heavy atom. The van der Waals surface area contributed by atoms with Gasteiger partial charge in [0.2, 0.25) is 5.91 Å². The van der Waals surface area contributed by atoms with Crippen LogP contribution in [0.4, 0.5) is 11.4 Å². The van der Waals surface area contributed by atoms with Crippen molar-refractivity contribution >= 4 is 29.1 Å². The van der Waals surface area contributed by atoms with Crippen LogP contribution in [0.25, 0.3) is 11.8 Å². The molecule has 2 aromatic carbocycles. The highest BCUT2D eigenvalue weighted by molar-refractivity contribution is 6.02. The van der Waals surface area contributed by atoms with E-state index in [4.69, 9.17) is 0 Å². The van der Waals surface area contributed by atoms with E-state index in [9.17, 15) is 4.79 Å². The van der Waals surface area contributed by atoms with E-state index in [1.54, 1.807) is 6.08 Å². The number of rotatable bonds is 6. The highest BCUT2D eigenvalue weighted by atomic mass is 16.2. The molecule has 3 nitrogen and oxygen atoms in total. The maximum Gasteiger partial charge on any atom is 0.235 e. The second-order valence-corrected chi connectivity index (χ2v) is 9.31. The lowest BCUT2D eigenvalue weighted by atomic mass is 9.80. The van der Waals surface area contributed by atoms with E-state index in [1.165, 1.54) is 19.3 Å². The number of anilines is 2. The molecule has 0 radical (unpaired) electrons. The number of fused-ring (bicyclic) bond motifs is 5. The van der Waals surface area contributed by atoms with Gasteiger partial charge in [0.25, 0.3) is 0 Å². The standard InChI is InChI=1S/C29H30N2O/c1-5-6-8-21-9-7-10-26(18(21)2)30-19(3)22-13-15-25(16-14-22)31-20(4)27-23-11-12-24(17-23)28(27)29(31)32/h5-10,13-16,23-24,27-28,30H,1,3-4,11-12,17H2,2H3/b8-6-. The molecule has 1 aliphatic heterocycles. The van der Waals surface area contributed by atoms with Crippen molar-refractivity contribution < 1.29 is 4.79 Å². The second kappa shape index (κ2) is 7.98. The van der Waals surface area contributed by atoms with Gasteiger partial charge in [-0.15, -0.1) is 0 Å². The molecular weight excluding hydrogens is 392 g/mol. The number of allylic oxidation sites excluding steroid dienone is 3. The Balaban J connectivity index is 1.33. The van der Waals surface area contributed by atoms with Gasteiger partial charge in [0.05, 0.1) is 5.92 Å². The summed E-state index contributed by atoms with van der Waals surface area (Å²) in [4.78, 5) is 15.1. The van der Waals surface area contributed by atoms with E-state index in [2.05, 4.69) is 44.1 Å². The summed E-state index contributed by atoms with van der Waals surface area (Å²) in [5, 5.41) is 3.45. The topological polar surface area (TPSA) is 32.3 Å². The summed E-state index contributed by atoms with van der Waals surface area (Å²) in [6.07, 6.45) is 9.42. The third-order valence-electron chi connectivity index (χ3n) is 7.64. The Bertz CT molecular complexity index is 1110. The molecule has 4 atom stereocenters. The maximum absolute atomic E-state index is 13.2. The van der Waals surface area contributed by atoms with Crippen LogP contribution in [-0.4, -0.2) is 5.91 Å². The van der Waals surface area contributed by atoms with Crippen molar-refractivity contribution in [3.05, 3.63) is 96.7 Å². The Kier molecular flexibility index (Phi) is 5.13. The lowest BCUT2D eigenvalue weighted by Crippen LogP contribution is -2.28. The summed E-state index contributed by atoms with van der Waals surface area (Å²) < 4.78 is 0. The molecule has 1 N–H and O–H groups in total. The van der Waals surface area contributed by atoms with E-state index in [-0.39, 0.29) is 11.8 Å². The van der Waals surface area contributed by atoms with E-state index >= 15 is 0 Å². The van der Waals surface area contributed by atoms with Crippen LogP contribution >= 0.6 is 0 Å². The third-order valence-corrected chi connectivity index (χ3v) is 7.64. The summed E-state index contributed by atoms with van der Waals surface area (Å²) in [6, 6.07) is 14.3. The van der Waals surface area contributed by atoms with Gasteiger partial charge in [-0.2, -0.15) is 0 Å².